The predicted molar refractivity (Wildman–Crippen MR) is 169 cm³/mol. The SMILES string of the molecule is COC[C@@H](C(=O)Cc1cccc2c(-c3nc(Nc4cccc(S(C)(=O)=O)c4F)ncc3C)c[nH]c12)N1C[C@H](C)N(C)[C@@H](C)C1. The average molecular weight is 623 g/mol. The molecular formula is C32H39FN6O4S. The van der Waals surface area contributed by atoms with Gasteiger partial charge in [-0.2, -0.15) is 0 Å². The molecule has 2 N–H and O–H groups in total. The summed E-state index contributed by atoms with van der Waals surface area (Å²) >= 11 is 0. The fourth-order valence-electron chi connectivity index (χ4n) is 5.91. The highest BCUT2D eigenvalue weighted by atomic mass is 32.2. The number of ketones is 1. The fourth-order valence-corrected chi connectivity index (χ4v) is 6.68. The van der Waals surface area contributed by atoms with Gasteiger partial charge in [-0.05, 0) is 51.1 Å². The Morgan fingerprint density at radius 2 is 1.89 bits per heavy atom. The van der Waals surface area contributed by atoms with Crippen LogP contribution in [0.1, 0.15) is 25.0 Å². The van der Waals surface area contributed by atoms with Gasteiger partial charge in [-0.3, -0.25) is 14.6 Å². The van der Waals surface area contributed by atoms with Crippen LogP contribution in [0.4, 0.5) is 16.0 Å². The normalized spacial score (nSPS) is 18.9. The van der Waals surface area contributed by atoms with Crippen molar-refractivity contribution in [3.05, 3.63) is 65.7 Å². The molecule has 0 bridgehead atoms. The second-order valence-corrected chi connectivity index (χ2v) is 13.7. The smallest absolute Gasteiger partial charge is 0.227 e. The van der Waals surface area contributed by atoms with Gasteiger partial charge in [-0.25, -0.2) is 22.8 Å². The Morgan fingerprint density at radius 1 is 1.18 bits per heavy atom. The number of methoxy groups -OCH3 is 1. The standard InChI is InChI=1S/C32H39FN6O4S/c1-19-14-35-32(36-25-11-8-12-28(29(25)33)44(6,41)42)37-30(19)24-15-34-31-22(9-7-10-23(24)31)13-27(40)26(18-43-5)39-16-20(2)38(4)21(3)17-39/h7-12,14-15,20-21,26,34H,13,16-18H2,1-6H3,(H,35,36,37)/t20-,21-,26-/m0/s1. The first-order valence-electron chi connectivity index (χ1n) is 14.5. The number of sulfone groups is 1. The number of fused-ring (bicyclic) bond motifs is 1. The Hall–Kier alpha value is -3.71. The first kappa shape index (κ1) is 31.7. The van der Waals surface area contributed by atoms with Crippen LogP contribution in [0.15, 0.2) is 53.7 Å². The number of H-pyrrole nitrogens is 1. The van der Waals surface area contributed by atoms with E-state index in [4.69, 9.17) is 4.74 Å². The molecule has 1 saturated heterocycles. The molecule has 2 aromatic heterocycles. The lowest BCUT2D eigenvalue weighted by molar-refractivity contribution is -0.127. The fraction of sp³-hybridized carbons (Fsp3) is 0.406. The van der Waals surface area contributed by atoms with E-state index in [2.05, 4.69) is 51.0 Å². The van der Waals surface area contributed by atoms with Crippen molar-refractivity contribution < 1.29 is 22.3 Å². The molecule has 0 aliphatic carbocycles. The second kappa shape index (κ2) is 12.7. The van der Waals surface area contributed by atoms with Crippen molar-refractivity contribution in [1.82, 2.24) is 24.8 Å². The zero-order valence-electron chi connectivity index (χ0n) is 25.9. The number of halogens is 1. The minimum atomic E-state index is -3.75. The number of piperazine rings is 1. The summed E-state index contributed by atoms with van der Waals surface area (Å²) in [5.41, 5.74) is 3.89. The Morgan fingerprint density at radius 3 is 2.57 bits per heavy atom. The van der Waals surface area contributed by atoms with Crippen molar-refractivity contribution in [1.29, 1.82) is 0 Å². The molecule has 5 rings (SSSR count). The Bertz CT molecular complexity index is 1780. The van der Waals surface area contributed by atoms with Crippen LogP contribution in [0.5, 0.6) is 0 Å². The number of nitrogens with zero attached hydrogens (tertiary/aromatic N) is 4. The van der Waals surface area contributed by atoms with Gasteiger partial charge in [0.25, 0.3) is 0 Å². The predicted octanol–water partition coefficient (Wildman–Crippen LogP) is 4.37. The number of hydrogen-bond donors (Lipinski definition) is 2. The third-order valence-corrected chi connectivity index (χ3v) is 9.64. The lowest BCUT2D eigenvalue weighted by Gasteiger charge is -2.45. The number of rotatable bonds is 10. The first-order valence-corrected chi connectivity index (χ1v) is 16.4. The molecule has 2 aromatic carbocycles. The quantitative estimate of drug-likeness (QED) is 0.266. The van der Waals surface area contributed by atoms with E-state index in [9.17, 15) is 13.2 Å². The van der Waals surface area contributed by atoms with Gasteiger partial charge in [0.15, 0.2) is 21.4 Å². The maximum atomic E-state index is 15.0. The van der Waals surface area contributed by atoms with E-state index in [1.807, 2.05) is 31.3 Å². The Balaban J connectivity index is 1.43. The zero-order chi connectivity index (χ0) is 31.8. The molecule has 0 spiro atoms. The lowest BCUT2D eigenvalue weighted by Crippen LogP contribution is -2.60. The van der Waals surface area contributed by atoms with Gasteiger partial charge in [0, 0.05) is 73.8 Å². The molecule has 4 aromatic rings. The number of carbonyl (C=O) groups is 1. The maximum Gasteiger partial charge on any atom is 0.227 e. The van der Waals surface area contributed by atoms with Crippen LogP contribution in [-0.4, -0.2) is 97.2 Å². The summed E-state index contributed by atoms with van der Waals surface area (Å²) in [4.78, 5) is 30.2. The van der Waals surface area contributed by atoms with E-state index in [1.165, 1.54) is 18.2 Å². The van der Waals surface area contributed by atoms with Crippen LogP contribution in [0.3, 0.4) is 0 Å². The second-order valence-electron chi connectivity index (χ2n) is 11.7. The summed E-state index contributed by atoms with van der Waals surface area (Å²) in [6.07, 6.45) is 4.67. The monoisotopic (exact) mass is 622 g/mol. The highest BCUT2D eigenvalue weighted by Crippen LogP contribution is 2.33. The van der Waals surface area contributed by atoms with Crippen molar-refractivity contribution in [2.45, 2.75) is 50.2 Å². The van der Waals surface area contributed by atoms with Crippen LogP contribution in [0.25, 0.3) is 22.2 Å². The third kappa shape index (κ3) is 6.39. The number of hydrogen-bond acceptors (Lipinski definition) is 9. The number of ether oxygens (including phenoxy) is 1. The molecule has 1 aliphatic heterocycles. The Kier molecular flexibility index (Phi) is 9.17. The van der Waals surface area contributed by atoms with Gasteiger partial charge in [-0.15, -0.1) is 0 Å². The highest BCUT2D eigenvalue weighted by Gasteiger charge is 2.34. The summed E-state index contributed by atoms with van der Waals surface area (Å²) < 4.78 is 44.5. The topological polar surface area (TPSA) is 121 Å². The molecular weight excluding hydrogens is 583 g/mol. The molecule has 3 atom stereocenters. The summed E-state index contributed by atoms with van der Waals surface area (Å²) in [7, 11) is -0.00224. The van der Waals surface area contributed by atoms with E-state index in [1.54, 1.807) is 13.3 Å². The number of nitrogens with one attached hydrogen (secondary N) is 2. The van der Waals surface area contributed by atoms with Gasteiger partial charge >= 0.3 is 0 Å². The van der Waals surface area contributed by atoms with Gasteiger partial charge in [0.05, 0.1) is 24.0 Å². The summed E-state index contributed by atoms with van der Waals surface area (Å²) in [6, 6.07) is 10.3. The summed E-state index contributed by atoms with van der Waals surface area (Å²) in [6.45, 7) is 8.16. The molecule has 0 saturated carbocycles. The average Bonchev–Trinajstić information content (AvgIpc) is 3.40. The molecule has 0 radical (unpaired) electrons. The molecule has 0 unspecified atom stereocenters. The molecule has 1 aliphatic rings. The van der Waals surface area contributed by atoms with E-state index in [-0.39, 0.29) is 29.9 Å². The van der Waals surface area contributed by atoms with Crippen molar-refractivity contribution >= 4 is 38.2 Å². The number of aromatic amines is 1. The number of para-hydroxylation sites is 1. The van der Waals surface area contributed by atoms with E-state index in [0.29, 0.717) is 24.4 Å². The molecule has 234 valence electrons. The van der Waals surface area contributed by atoms with Crippen LogP contribution < -0.4 is 5.32 Å². The van der Waals surface area contributed by atoms with Crippen LogP contribution in [0, 0.1) is 12.7 Å². The first-order chi connectivity index (χ1) is 20.9. The molecule has 12 heteroatoms. The van der Waals surface area contributed by atoms with E-state index in [0.717, 1.165) is 46.9 Å². The minimum absolute atomic E-state index is 0.0443. The summed E-state index contributed by atoms with van der Waals surface area (Å²) in [5.74, 6) is -0.675. The Labute approximate surface area is 257 Å². The molecule has 0 amide bonds. The molecule has 1 fully saturated rings. The number of carbonyl (C=O) groups excluding carboxylic acids is 1. The highest BCUT2D eigenvalue weighted by molar-refractivity contribution is 7.90. The van der Waals surface area contributed by atoms with Gasteiger partial charge in [0.2, 0.25) is 5.95 Å². The number of likely N-dealkylation sites (N-methyl/N-ethyl adjacent to an activating group) is 1. The molecule has 3 heterocycles. The number of benzene rings is 2. The number of aryl methyl sites for hydroxylation is 1. The van der Waals surface area contributed by atoms with E-state index < -0.39 is 20.5 Å². The van der Waals surface area contributed by atoms with Gasteiger partial charge in [0.1, 0.15) is 4.90 Å². The number of anilines is 2. The molecule has 44 heavy (non-hydrogen) atoms. The van der Waals surface area contributed by atoms with Crippen molar-refractivity contribution in [3.8, 4) is 11.3 Å². The van der Waals surface area contributed by atoms with Crippen molar-refractivity contribution in [3.63, 3.8) is 0 Å². The van der Waals surface area contributed by atoms with Gasteiger partial charge in [-0.1, -0.05) is 24.3 Å². The number of aromatic nitrogens is 3. The van der Waals surface area contributed by atoms with E-state index >= 15 is 4.39 Å². The minimum Gasteiger partial charge on any atom is -0.383 e. The zero-order valence-corrected chi connectivity index (χ0v) is 26.7. The third-order valence-electron chi connectivity index (χ3n) is 8.53. The largest absolute Gasteiger partial charge is 0.383 e. The summed E-state index contributed by atoms with van der Waals surface area (Å²) in [5, 5.41) is 3.72. The van der Waals surface area contributed by atoms with Gasteiger partial charge < -0.3 is 15.0 Å². The van der Waals surface area contributed by atoms with Crippen molar-refractivity contribution in [2.24, 2.45) is 0 Å². The number of Topliss-reactive ketones (excluding diaryl/α,β-unsaturated/α-hetero) is 1. The van der Waals surface area contributed by atoms with Crippen LogP contribution >= 0.6 is 0 Å². The van der Waals surface area contributed by atoms with Crippen molar-refractivity contribution in [2.75, 3.05) is 45.4 Å². The van der Waals surface area contributed by atoms with Crippen LogP contribution in [0.2, 0.25) is 0 Å². The lowest BCUT2D eigenvalue weighted by atomic mass is 9.97. The molecule has 10 nitrogen and oxygen atoms in total. The maximum absolute atomic E-state index is 15.0. The van der Waals surface area contributed by atoms with Crippen LogP contribution in [-0.2, 0) is 25.8 Å².